The van der Waals surface area contributed by atoms with E-state index in [-0.39, 0.29) is 39.6 Å². The van der Waals surface area contributed by atoms with Crippen LogP contribution in [0.25, 0.3) is 0 Å². The monoisotopic (exact) mass is 498 g/mol. The zero-order valence-electron chi connectivity index (χ0n) is 10.9. The first-order chi connectivity index (χ1) is 7.62. The molecular weight excluding hydrogens is 473 g/mol. The molecule has 4 N–H and O–H groups in total. The molecule has 9 heteroatoms. The average Bonchev–Trinajstić information content (AvgIpc) is 2.14. The second-order valence-corrected chi connectivity index (χ2v) is 8.32. The summed E-state index contributed by atoms with van der Waals surface area (Å²) in [4.78, 5) is 36.0. The molecule has 0 spiro atoms. The summed E-state index contributed by atoms with van der Waals surface area (Å²) >= 11 is 0. The average molecular weight is 497 g/mol. The summed E-state index contributed by atoms with van der Waals surface area (Å²) in [7, 11) is -9.52. The predicted molar refractivity (Wildman–Crippen MR) is 74.3 cm³/mol. The molecular formula is C9H24O6P2Pb. The molecule has 1 atom stereocenters. The summed E-state index contributed by atoms with van der Waals surface area (Å²) in [5.74, 6) is -0.0554. The van der Waals surface area contributed by atoms with Crippen LogP contribution in [0, 0.1) is 5.92 Å². The van der Waals surface area contributed by atoms with E-state index in [1.165, 1.54) is 0 Å². The Morgan fingerprint density at radius 2 is 1.44 bits per heavy atom. The molecule has 0 fully saturated rings. The molecule has 0 bridgehead atoms. The molecule has 0 aliphatic carbocycles. The number of unbranched alkanes of at least 4 members (excludes halogenated alkanes) is 1. The zero-order chi connectivity index (χ0) is 13.7. The van der Waals surface area contributed by atoms with Crippen LogP contribution in [0.2, 0.25) is 0 Å². The van der Waals surface area contributed by atoms with E-state index in [1.54, 1.807) is 0 Å². The molecule has 0 saturated carbocycles. The SMILES string of the molecule is CCCCC(CC)CC(P(=O)(O)O)P(=O)(O)O.[PbH2]. The van der Waals surface area contributed by atoms with Gasteiger partial charge in [-0.2, -0.15) is 0 Å². The molecule has 0 heterocycles. The van der Waals surface area contributed by atoms with Gasteiger partial charge in [0.25, 0.3) is 0 Å². The van der Waals surface area contributed by atoms with Gasteiger partial charge in [-0.1, -0.05) is 39.5 Å². The molecule has 1 unspecified atom stereocenters. The van der Waals surface area contributed by atoms with E-state index in [9.17, 15) is 9.13 Å². The molecule has 18 heavy (non-hydrogen) atoms. The van der Waals surface area contributed by atoms with Gasteiger partial charge < -0.3 is 19.6 Å². The van der Waals surface area contributed by atoms with Gasteiger partial charge >= 0.3 is 42.5 Å². The van der Waals surface area contributed by atoms with Crippen LogP contribution in [0.1, 0.15) is 46.0 Å². The van der Waals surface area contributed by atoms with Crippen molar-refractivity contribution in [2.24, 2.45) is 5.92 Å². The third-order valence-corrected chi connectivity index (χ3v) is 6.64. The maximum absolute atomic E-state index is 11.1. The molecule has 0 aliphatic heterocycles. The summed E-state index contributed by atoms with van der Waals surface area (Å²) in [6, 6.07) is 0. The molecule has 0 aromatic carbocycles. The van der Waals surface area contributed by atoms with Crippen LogP contribution < -0.4 is 0 Å². The molecule has 0 saturated heterocycles. The maximum atomic E-state index is 11.1. The minimum absolute atomic E-state index is 0. The van der Waals surface area contributed by atoms with Crippen molar-refractivity contribution < 1.29 is 28.7 Å². The van der Waals surface area contributed by atoms with Crippen LogP contribution in [0.4, 0.5) is 0 Å². The van der Waals surface area contributed by atoms with Crippen molar-refractivity contribution in [1.29, 1.82) is 0 Å². The quantitative estimate of drug-likeness (QED) is 0.298. The Labute approximate surface area is 128 Å². The number of hydrogen-bond acceptors (Lipinski definition) is 2. The number of rotatable bonds is 8. The summed E-state index contributed by atoms with van der Waals surface area (Å²) in [5.41, 5.74) is 0. The third kappa shape index (κ3) is 8.40. The Balaban J connectivity index is 0. The van der Waals surface area contributed by atoms with Gasteiger partial charge in [0.15, 0.2) is 5.40 Å². The first-order valence-corrected chi connectivity index (χ1v) is 9.09. The Hall–Kier alpha value is 1.22. The fourth-order valence-electron chi connectivity index (χ4n) is 1.75. The second-order valence-electron chi connectivity index (χ2n) is 4.31. The van der Waals surface area contributed by atoms with Gasteiger partial charge in [-0.25, -0.2) is 0 Å². The van der Waals surface area contributed by atoms with Crippen LogP contribution in [0.5, 0.6) is 0 Å². The molecule has 0 aromatic rings. The van der Waals surface area contributed by atoms with Crippen LogP contribution in [-0.4, -0.2) is 52.3 Å². The van der Waals surface area contributed by atoms with E-state index in [1.807, 2.05) is 13.8 Å². The van der Waals surface area contributed by atoms with Gasteiger partial charge in [-0.3, -0.25) is 9.13 Å². The molecule has 110 valence electrons. The van der Waals surface area contributed by atoms with E-state index >= 15 is 0 Å². The summed E-state index contributed by atoms with van der Waals surface area (Å²) in [5, 5.41) is -1.85. The fourth-order valence-corrected chi connectivity index (χ4v) is 4.46. The molecule has 0 aliphatic rings. The first kappa shape index (κ1) is 21.5. The Morgan fingerprint density at radius 3 is 1.72 bits per heavy atom. The Bertz CT molecular complexity index is 290. The van der Waals surface area contributed by atoms with E-state index in [0.717, 1.165) is 19.3 Å². The van der Waals surface area contributed by atoms with Gasteiger partial charge in [0.05, 0.1) is 0 Å². The van der Waals surface area contributed by atoms with Crippen LogP contribution in [-0.2, 0) is 9.13 Å². The van der Waals surface area contributed by atoms with Gasteiger partial charge in [0.2, 0.25) is 0 Å². The van der Waals surface area contributed by atoms with E-state index in [4.69, 9.17) is 19.6 Å². The Kier molecular flexibility index (Phi) is 11.0. The third-order valence-electron chi connectivity index (χ3n) is 2.86. The van der Waals surface area contributed by atoms with Crippen LogP contribution in [0.15, 0.2) is 0 Å². The van der Waals surface area contributed by atoms with E-state index in [0.29, 0.717) is 6.42 Å². The van der Waals surface area contributed by atoms with Gasteiger partial charge in [0, 0.05) is 0 Å². The van der Waals surface area contributed by atoms with E-state index in [2.05, 4.69) is 0 Å². The van der Waals surface area contributed by atoms with Crippen molar-refractivity contribution in [3.8, 4) is 0 Å². The number of hydrogen-bond donors (Lipinski definition) is 4. The van der Waals surface area contributed by atoms with Gasteiger partial charge in [0.1, 0.15) is 0 Å². The molecule has 0 amide bonds. The summed E-state index contributed by atoms with van der Waals surface area (Å²) < 4.78 is 22.2. The summed E-state index contributed by atoms with van der Waals surface area (Å²) in [6.07, 6.45) is 3.13. The van der Waals surface area contributed by atoms with Crippen LogP contribution in [0.3, 0.4) is 0 Å². The van der Waals surface area contributed by atoms with Crippen molar-refractivity contribution >= 4 is 42.5 Å². The van der Waals surface area contributed by atoms with Crippen molar-refractivity contribution in [3.63, 3.8) is 0 Å². The first-order valence-electron chi connectivity index (χ1n) is 5.73. The molecule has 0 rings (SSSR count). The predicted octanol–water partition coefficient (Wildman–Crippen LogP) is 1.36. The minimum atomic E-state index is -4.76. The second kappa shape index (κ2) is 9.21. The topological polar surface area (TPSA) is 115 Å². The van der Waals surface area contributed by atoms with Crippen molar-refractivity contribution in [2.75, 3.05) is 0 Å². The van der Waals surface area contributed by atoms with Gasteiger partial charge in [-0.15, -0.1) is 0 Å². The van der Waals surface area contributed by atoms with Crippen molar-refractivity contribution in [2.45, 2.75) is 51.4 Å². The van der Waals surface area contributed by atoms with Gasteiger partial charge in [-0.05, 0) is 12.3 Å². The van der Waals surface area contributed by atoms with Crippen LogP contribution >= 0.6 is 15.2 Å². The Morgan fingerprint density at radius 1 is 1.00 bits per heavy atom. The van der Waals surface area contributed by atoms with E-state index < -0.39 is 20.6 Å². The van der Waals surface area contributed by atoms with Crippen molar-refractivity contribution in [1.82, 2.24) is 0 Å². The standard InChI is InChI=1S/C9H22O6P2.Pb.2H/c1-3-5-6-8(4-2)7-9(16(10,11)12)17(13,14)15;;;/h8-9H,3-7H2,1-2H3,(H2,10,11,12)(H2,13,14,15);;;. The normalized spacial score (nSPS) is 14.4. The van der Waals surface area contributed by atoms with Crippen molar-refractivity contribution in [3.05, 3.63) is 0 Å². The molecule has 2 radical (unpaired) electrons. The summed E-state index contributed by atoms with van der Waals surface area (Å²) in [6.45, 7) is 3.85. The molecule has 0 aromatic heterocycles. The zero-order valence-corrected chi connectivity index (χ0v) is 18.2. The molecule has 6 nitrogen and oxygen atoms in total. The fraction of sp³-hybridized carbons (Fsp3) is 1.00.